The standard InChI is InChI=1S/C18H27N3O3/c1-11(2)9-16(20-13(4)22)18(24)21-15(17(19)23)10-14-8-6-5-7-12(14)3/h5-8,11,15-16H,9-10H2,1-4H3,(H2,19,23)(H,20,22)(H,21,24)/t15-,16-/m0/s1. The molecule has 0 aliphatic carbocycles. The Kier molecular flexibility index (Phi) is 7.42. The summed E-state index contributed by atoms with van der Waals surface area (Å²) in [6, 6.07) is 6.13. The molecule has 1 aromatic carbocycles. The Morgan fingerprint density at radius 2 is 1.71 bits per heavy atom. The van der Waals surface area contributed by atoms with E-state index in [-0.39, 0.29) is 11.8 Å². The monoisotopic (exact) mass is 333 g/mol. The quantitative estimate of drug-likeness (QED) is 0.663. The molecule has 0 bridgehead atoms. The number of primary amides is 1. The molecule has 132 valence electrons. The zero-order chi connectivity index (χ0) is 18.3. The molecule has 0 heterocycles. The topological polar surface area (TPSA) is 101 Å². The van der Waals surface area contributed by atoms with Crippen LogP contribution in [0.15, 0.2) is 24.3 Å². The zero-order valence-corrected chi connectivity index (χ0v) is 14.8. The first-order chi connectivity index (χ1) is 11.2. The van der Waals surface area contributed by atoms with E-state index in [9.17, 15) is 14.4 Å². The van der Waals surface area contributed by atoms with Crippen LogP contribution < -0.4 is 16.4 Å². The maximum Gasteiger partial charge on any atom is 0.243 e. The Hall–Kier alpha value is -2.37. The van der Waals surface area contributed by atoms with Gasteiger partial charge in [-0.1, -0.05) is 38.1 Å². The molecule has 0 saturated heterocycles. The van der Waals surface area contributed by atoms with Crippen molar-refractivity contribution in [3.63, 3.8) is 0 Å². The average Bonchev–Trinajstić information content (AvgIpc) is 2.46. The second kappa shape index (κ2) is 9.05. The first-order valence-corrected chi connectivity index (χ1v) is 8.12. The fourth-order valence-electron chi connectivity index (χ4n) is 2.50. The summed E-state index contributed by atoms with van der Waals surface area (Å²) in [5, 5.41) is 5.30. The van der Waals surface area contributed by atoms with Crippen LogP contribution in [0.2, 0.25) is 0 Å². The fourth-order valence-corrected chi connectivity index (χ4v) is 2.50. The maximum absolute atomic E-state index is 12.5. The van der Waals surface area contributed by atoms with Crippen LogP contribution in [0, 0.1) is 12.8 Å². The van der Waals surface area contributed by atoms with Crippen molar-refractivity contribution in [3.05, 3.63) is 35.4 Å². The molecule has 4 N–H and O–H groups in total. The van der Waals surface area contributed by atoms with Crippen LogP contribution >= 0.6 is 0 Å². The molecular formula is C18H27N3O3. The van der Waals surface area contributed by atoms with Gasteiger partial charge in [0.2, 0.25) is 17.7 Å². The van der Waals surface area contributed by atoms with Gasteiger partial charge in [0.15, 0.2) is 0 Å². The molecule has 1 aromatic rings. The number of aryl methyl sites for hydroxylation is 1. The number of rotatable bonds is 8. The van der Waals surface area contributed by atoms with Gasteiger partial charge >= 0.3 is 0 Å². The summed E-state index contributed by atoms with van der Waals surface area (Å²) in [5.74, 6) is -1.06. The first-order valence-electron chi connectivity index (χ1n) is 8.12. The number of carbonyl (C=O) groups is 3. The number of hydrogen-bond acceptors (Lipinski definition) is 3. The molecule has 3 amide bonds. The van der Waals surface area contributed by atoms with E-state index in [1.54, 1.807) is 0 Å². The van der Waals surface area contributed by atoms with Gasteiger partial charge in [0.25, 0.3) is 0 Å². The van der Waals surface area contributed by atoms with Gasteiger partial charge in [-0.15, -0.1) is 0 Å². The van der Waals surface area contributed by atoms with Crippen molar-refractivity contribution in [1.29, 1.82) is 0 Å². The molecule has 0 radical (unpaired) electrons. The van der Waals surface area contributed by atoms with Crippen LogP contribution in [-0.4, -0.2) is 29.8 Å². The Morgan fingerprint density at radius 1 is 1.08 bits per heavy atom. The third-order valence-corrected chi connectivity index (χ3v) is 3.75. The molecule has 1 rings (SSSR count). The highest BCUT2D eigenvalue weighted by molar-refractivity contribution is 5.91. The predicted octanol–water partition coefficient (Wildman–Crippen LogP) is 1.06. The normalized spacial score (nSPS) is 13.2. The van der Waals surface area contributed by atoms with Crippen molar-refractivity contribution in [1.82, 2.24) is 10.6 Å². The van der Waals surface area contributed by atoms with E-state index in [1.165, 1.54) is 6.92 Å². The SMILES string of the molecule is CC(=O)N[C@@H](CC(C)C)C(=O)N[C@@H](Cc1ccccc1C)C(N)=O. The zero-order valence-electron chi connectivity index (χ0n) is 14.8. The van der Waals surface area contributed by atoms with Crippen LogP contribution in [0.5, 0.6) is 0 Å². The minimum Gasteiger partial charge on any atom is -0.368 e. The minimum absolute atomic E-state index is 0.219. The summed E-state index contributed by atoms with van der Waals surface area (Å²) >= 11 is 0. The van der Waals surface area contributed by atoms with Gasteiger partial charge in [-0.3, -0.25) is 14.4 Å². The van der Waals surface area contributed by atoms with Crippen LogP contribution in [0.4, 0.5) is 0 Å². The summed E-state index contributed by atoms with van der Waals surface area (Å²) in [4.78, 5) is 35.5. The number of benzene rings is 1. The summed E-state index contributed by atoms with van der Waals surface area (Å²) in [6.07, 6.45) is 0.809. The molecule has 0 unspecified atom stereocenters. The van der Waals surface area contributed by atoms with Crippen molar-refractivity contribution in [2.24, 2.45) is 11.7 Å². The average molecular weight is 333 g/mol. The van der Waals surface area contributed by atoms with E-state index in [4.69, 9.17) is 5.73 Å². The van der Waals surface area contributed by atoms with E-state index in [2.05, 4.69) is 10.6 Å². The van der Waals surface area contributed by atoms with Crippen molar-refractivity contribution < 1.29 is 14.4 Å². The van der Waals surface area contributed by atoms with Gasteiger partial charge in [-0.2, -0.15) is 0 Å². The smallest absolute Gasteiger partial charge is 0.243 e. The Labute approximate surface area is 143 Å². The Bertz CT molecular complexity index is 599. The second-order valence-corrected chi connectivity index (χ2v) is 6.48. The molecule has 0 aliphatic rings. The van der Waals surface area contributed by atoms with Gasteiger partial charge in [-0.05, 0) is 30.4 Å². The van der Waals surface area contributed by atoms with Gasteiger partial charge in [0.05, 0.1) is 0 Å². The number of hydrogen-bond donors (Lipinski definition) is 3. The maximum atomic E-state index is 12.5. The van der Waals surface area contributed by atoms with E-state index in [0.29, 0.717) is 12.8 Å². The van der Waals surface area contributed by atoms with Crippen LogP contribution in [0.3, 0.4) is 0 Å². The lowest BCUT2D eigenvalue weighted by Crippen LogP contribution is -2.53. The highest BCUT2D eigenvalue weighted by atomic mass is 16.2. The van der Waals surface area contributed by atoms with E-state index in [0.717, 1.165) is 11.1 Å². The first kappa shape index (κ1) is 19.7. The molecule has 6 nitrogen and oxygen atoms in total. The lowest BCUT2D eigenvalue weighted by molar-refractivity contribution is -0.131. The molecule has 0 saturated carbocycles. The van der Waals surface area contributed by atoms with Gasteiger partial charge in [-0.25, -0.2) is 0 Å². The van der Waals surface area contributed by atoms with Crippen molar-refractivity contribution in [3.8, 4) is 0 Å². The van der Waals surface area contributed by atoms with E-state index in [1.807, 2.05) is 45.0 Å². The highest BCUT2D eigenvalue weighted by Gasteiger charge is 2.26. The molecule has 6 heteroatoms. The van der Waals surface area contributed by atoms with Gasteiger partial charge < -0.3 is 16.4 Å². The predicted molar refractivity (Wildman–Crippen MR) is 93.1 cm³/mol. The lowest BCUT2D eigenvalue weighted by atomic mass is 9.99. The third kappa shape index (κ3) is 6.40. The van der Waals surface area contributed by atoms with Crippen molar-refractivity contribution in [2.45, 2.75) is 52.6 Å². The Morgan fingerprint density at radius 3 is 2.21 bits per heavy atom. The van der Waals surface area contributed by atoms with Crippen molar-refractivity contribution >= 4 is 17.7 Å². The molecule has 2 atom stereocenters. The fraction of sp³-hybridized carbons (Fsp3) is 0.500. The van der Waals surface area contributed by atoms with E-state index >= 15 is 0 Å². The summed E-state index contributed by atoms with van der Waals surface area (Å²) in [5.41, 5.74) is 7.42. The molecular weight excluding hydrogens is 306 g/mol. The third-order valence-electron chi connectivity index (χ3n) is 3.75. The minimum atomic E-state index is -0.818. The molecule has 0 aliphatic heterocycles. The van der Waals surface area contributed by atoms with Gasteiger partial charge in [0, 0.05) is 13.3 Å². The summed E-state index contributed by atoms with van der Waals surface area (Å²) in [7, 11) is 0. The number of carbonyl (C=O) groups excluding carboxylic acids is 3. The number of nitrogens with two attached hydrogens (primary N) is 1. The van der Waals surface area contributed by atoms with Crippen LogP contribution in [0.25, 0.3) is 0 Å². The largest absolute Gasteiger partial charge is 0.368 e. The second-order valence-electron chi connectivity index (χ2n) is 6.48. The number of nitrogens with one attached hydrogen (secondary N) is 2. The highest BCUT2D eigenvalue weighted by Crippen LogP contribution is 2.11. The van der Waals surface area contributed by atoms with E-state index < -0.39 is 23.9 Å². The van der Waals surface area contributed by atoms with Crippen molar-refractivity contribution in [2.75, 3.05) is 0 Å². The molecule has 0 spiro atoms. The Balaban J connectivity index is 2.85. The van der Waals surface area contributed by atoms with Gasteiger partial charge in [0.1, 0.15) is 12.1 Å². The molecule has 24 heavy (non-hydrogen) atoms. The van der Waals surface area contributed by atoms with Crippen LogP contribution in [-0.2, 0) is 20.8 Å². The lowest BCUT2D eigenvalue weighted by Gasteiger charge is -2.23. The molecule has 0 aromatic heterocycles. The summed E-state index contributed by atoms with van der Waals surface area (Å²) < 4.78 is 0. The number of amides is 3. The van der Waals surface area contributed by atoms with Crippen LogP contribution in [0.1, 0.15) is 38.3 Å². The summed E-state index contributed by atoms with van der Waals surface area (Å²) in [6.45, 7) is 7.22. The molecule has 0 fully saturated rings.